The zero-order valence-electron chi connectivity index (χ0n) is 15.9. The second-order valence-electron chi connectivity index (χ2n) is 7.16. The van der Waals surface area contributed by atoms with Gasteiger partial charge in [0, 0.05) is 57.1 Å². The van der Waals surface area contributed by atoms with Gasteiger partial charge in [-0.25, -0.2) is 0 Å². The number of amides is 1. The second-order valence-corrected chi connectivity index (χ2v) is 8.16. The van der Waals surface area contributed by atoms with Gasteiger partial charge in [-0.2, -0.15) is 13.2 Å². The van der Waals surface area contributed by atoms with E-state index in [4.69, 9.17) is 0 Å². The first-order chi connectivity index (χ1) is 13.3. The van der Waals surface area contributed by atoms with Crippen molar-refractivity contribution in [3.63, 3.8) is 0 Å². The Balaban J connectivity index is 1.37. The molecule has 1 unspecified atom stereocenters. The Labute approximate surface area is 166 Å². The summed E-state index contributed by atoms with van der Waals surface area (Å²) in [5, 5.41) is 8.31. The minimum atomic E-state index is -4.17. The van der Waals surface area contributed by atoms with E-state index in [1.807, 2.05) is 4.90 Å². The molecular formula is C18H26F3N5OS. The molecule has 0 bridgehead atoms. The third kappa shape index (κ3) is 5.84. The van der Waals surface area contributed by atoms with Gasteiger partial charge in [0.15, 0.2) is 5.96 Å². The third-order valence-electron chi connectivity index (χ3n) is 5.03. The lowest BCUT2D eigenvalue weighted by Gasteiger charge is -2.27. The van der Waals surface area contributed by atoms with Crippen molar-refractivity contribution in [1.29, 1.82) is 0 Å². The molecule has 0 radical (unpaired) electrons. The first kappa shape index (κ1) is 20.9. The van der Waals surface area contributed by atoms with Crippen molar-refractivity contribution < 1.29 is 18.0 Å². The number of alkyl halides is 3. The molecule has 1 atom stereocenters. The molecule has 0 aliphatic carbocycles. The normalized spacial score (nSPS) is 20.9. The fraction of sp³-hybridized carbons (Fsp3) is 0.667. The lowest BCUT2D eigenvalue weighted by atomic mass is 10.1. The highest BCUT2D eigenvalue weighted by Crippen LogP contribution is 2.24. The highest BCUT2D eigenvalue weighted by atomic mass is 32.1. The summed E-state index contributed by atoms with van der Waals surface area (Å²) in [4.78, 5) is 21.2. The molecule has 0 aromatic carbocycles. The van der Waals surface area contributed by atoms with Crippen LogP contribution >= 0.6 is 11.3 Å². The van der Waals surface area contributed by atoms with Crippen molar-refractivity contribution in [2.45, 2.75) is 38.0 Å². The van der Waals surface area contributed by atoms with E-state index in [1.165, 1.54) is 15.3 Å². The van der Waals surface area contributed by atoms with Crippen LogP contribution in [-0.2, 0) is 17.8 Å². The molecule has 3 heterocycles. The molecule has 156 valence electrons. The summed E-state index contributed by atoms with van der Waals surface area (Å²) < 4.78 is 37.5. The highest BCUT2D eigenvalue weighted by Gasteiger charge is 2.34. The molecule has 1 aromatic rings. The molecule has 1 amide bonds. The van der Waals surface area contributed by atoms with Gasteiger partial charge < -0.3 is 15.5 Å². The molecule has 10 heteroatoms. The molecule has 1 saturated heterocycles. The molecule has 6 nitrogen and oxygen atoms in total. The van der Waals surface area contributed by atoms with E-state index >= 15 is 0 Å². The number of carbonyl (C=O) groups excluding carboxylic acids is 1. The van der Waals surface area contributed by atoms with E-state index < -0.39 is 12.7 Å². The predicted molar refractivity (Wildman–Crippen MR) is 103 cm³/mol. The second kappa shape index (κ2) is 9.13. The van der Waals surface area contributed by atoms with E-state index in [0.29, 0.717) is 45.0 Å². The zero-order valence-corrected chi connectivity index (χ0v) is 16.7. The van der Waals surface area contributed by atoms with Crippen LogP contribution in [0.1, 0.15) is 23.3 Å². The number of aliphatic imine (C=N–C) groups is 1. The number of likely N-dealkylation sites (tertiary alicyclic amines) is 1. The molecule has 0 spiro atoms. The maximum absolute atomic E-state index is 12.5. The summed E-state index contributed by atoms with van der Waals surface area (Å²) in [5.74, 6) is 0.613. The van der Waals surface area contributed by atoms with Gasteiger partial charge in [0.25, 0.3) is 0 Å². The van der Waals surface area contributed by atoms with E-state index in [-0.39, 0.29) is 11.9 Å². The van der Waals surface area contributed by atoms with Crippen LogP contribution in [0, 0.1) is 0 Å². The zero-order chi connectivity index (χ0) is 20.1. The number of hydrogen-bond acceptors (Lipinski definition) is 4. The lowest BCUT2D eigenvalue weighted by molar-refractivity contribution is -0.143. The van der Waals surface area contributed by atoms with Crippen molar-refractivity contribution in [2.75, 3.05) is 39.8 Å². The summed E-state index contributed by atoms with van der Waals surface area (Å²) in [7, 11) is 1.61. The molecule has 1 aromatic heterocycles. The van der Waals surface area contributed by atoms with Gasteiger partial charge in [0.05, 0.1) is 6.54 Å². The van der Waals surface area contributed by atoms with Crippen LogP contribution in [0.25, 0.3) is 0 Å². The van der Waals surface area contributed by atoms with E-state index in [2.05, 4.69) is 27.1 Å². The smallest absolute Gasteiger partial charge is 0.356 e. The van der Waals surface area contributed by atoms with Crippen LogP contribution in [0.15, 0.2) is 16.4 Å². The Morgan fingerprint density at radius 2 is 2.21 bits per heavy atom. The number of thiophene rings is 1. The summed E-state index contributed by atoms with van der Waals surface area (Å²) >= 11 is 1.74. The fourth-order valence-electron chi connectivity index (χ4n) is 3.64. The monoisotopic (exact) mass is 417 g/mol. The molecule has 2 aliphatic rings. The van der Waals surface area contributed by atoms with Crippen LogP contribution in [0.4, 0.5) is 13.2 Å². The number of nitrogens with zero attached hydrogens (tertiary/aromatic N) is 3. The molecule has 2 N–H and O–H groups in total. The van der Waals surface area contributed by atoms with E-state index in [1.54, 1.807) is 18.4 Å². The summed E-state index contributed by atoms with van der Waals surface area (Å²) in [5.41, 5.74) is 1.24. The Morgan fingerprint density at radius 1 is 1.39 bits per heavy atom. The fourth-order valence-corrected chi connectivity index (χ4v) is 4.53. The van der Waals surface area contributed by atoms with E-state index in [0.717, 1.165) is 13.0 Å². The predicted octanol–water partition coefficient (Wildman–Crippen LogP) is 1.82. The van der Waals surface area contributed by atoms with Crippen molar-refractivity contribution in [2.24, 2.45) is 4.99 Å². The number of fused-ring (bicyclic) bond motifs is 1. The number of halogens is 3. The molecule has 3 rings (SSSR count). The molecule has 1 fully saturated rings. The Kier molecular flexibility index (Phi) is 6.82. The third-order valence-corrected chi connectivity index (χ3v) is 6.05. The summed E-state index contributed by atoms with van der Waals surface area (Å²) in [6, 6.07) is 2.00. The van der Waals surface area contributed by atoms with Crippen molar-refractivity contribution >= 4 is 23.2 Å². The van der Waals surface area contributed by atoms with Crippen molar-refractivity contribution in [1.82, 2.24) is 20.4 Å². The van der Waals surface area contributed by atoms with Gasteiger partial charge in [0.1, 0.15) is 0 Å². The average Bonchev–Trinajstić information content (AvgIpc) is 3.27. The number of guanidine groups is 1. The minimum Gasteiger partial charge on any atom is -0.356 e. The lowest BCUT2D eigenvalue weighted by Crippen LogP contribution is -2.46. The van der Waals surface area contributed by atoms with Gasteiger partial charge in [0.2, 0.25) is 5.91 Å². The van der Waals surface area contributed by atoms with Gasteiger partial charge in [-0.05, 0) is 29.9 Å². The Morgan fingerprint density at radius 3 is 2.96 bits per heavy atom. The van der Waals surface area contributed by atoms with Crippen LogP contribution in [0.2, 0.25) is 0 Å². The van der Waals surface area contributed by atoms with E-state index in [9.17, 15) is 18.0 Å². The van der Waals surface area contributed by atoms with Crippen LogP contribution in [0.3, 0.4) is 0 Å². The van der Waals surface area contributed by atoms with Crippen LogP contribution in [-0.4, -0.2) is 73.7 Å². The molecule has 28 heavy (non-hydrogen) atoms. The minimum absolute atomic E-state index is 0.0802. The maximum Gasteiger partial charge on any atom is 0.401 e. The number of nitrogens with one attached hydrogen (secondary N) is 2. The Hall–Kier alpha value is -1.81. The van der Waals surface area contributed by atoms with Gasteiger partial charge in [-0.3, -0.25) is 14.7 Å². The first-order valence-corrected chi connectivity index (χ1v) is 10.3. The standard InChI is InChI=1S/C18H26F3N5OS/c1-22-17(24-14-3-7-25(11-14)12-18(19,20)21)23-6-2-16(27)26-8-4-15-13(10-26)5-9-28-15/h5,9,14H,2-4,6-8,10-12H2,1H3,(H2,22,23,24). The van der Waals surface area contributed by atoms with Crippen LogP contribution in [0.5, 0.6) is 0 Å². The van der Waals surface area contributed by atoms with Gasteiger partial charge in [-0.1, -0.05) is 0 Å². The maximum atomic E-state index is 12.5. The average molecular weight is 418 g/mol. The summed E-state index contributed by atoms with van der Waals surface area (Å²) in [6.07, 6.45) is -2.28. The molecule has 2 aliphatic heterocycles. The largest absolute Gasteiger partial charge is 0.401 e. The van der Waals surface area contributed by atoms with Crippen molar-refractivity contribution in [3.05, 3.63) is 21.9 Å². The SMILES string of the molecule is CN=C(NCCC(=O)N1CCc2sccc2C1)NC1CCN(CC(F)(F)F)C1. The first-order valence-electron chi connectivity index (χ1n) is 9.43. The quantitative estimate of drug-likeness (QED) is 0.567. The van der Waals surface area contributed by atoms with Crippen LogP contribution < -0.4 is 10.6 Å². The number of carbonyl (C=O) groups is 1. The highest BCUT2D eigenvalue weighted by molar-refractivity contribution is 7.10. The molecule has 0 saturated carbocycles. The number of hydrogen-bond donors (Lipinski definition) is 2. The van der Waals surface area contributed by atoms with Crippen molar-refractivity contribution in [3.8, 4) is 0 Å². The summed E-state index contributed by atoms with van der Waals surface area (Å²) in [6.45, 7) is 1.71. The number of rotatable bonds is 5. The van der Waals surface area contributed by atoms with Gasteiger partial charge in [-0.15, -0.1) is 11.3 Å². The molecular weight excluding hydrogens is 391 g/mol. The topological polar surface area (TPSA) is 60.0 Å². The van der Waals surface area contributed by atoms with Gasteiger partial charge >= 0.3 is 6.18 Å². The Bertz CT molecular complexity index is 706.